The Labute approximate surface area is 199 Å². The Kier molecular flexibility index (Phi) is 4.78. The van der Waals surface area contributed by atoms with Crippen LogP contribution < -0.4 is 15.0 Å². The standard InChI is InChI=1S/C24H26N4O3S2/c1-24(2,3)14-6-7-15-18(10-14)33-21-19(15)20(29)27(4)22-25-26-23(28(21)22)32-11-13-5-8-16-17(9-13)31-12-30-16/h5,8-9,14H,6-7,10-12H2,1-4H3/t14-/m1/s1. The number of aromatic nitrogens is 4. The zero-order valence-corrected chi connectivity index (χ0v) is 20.8. The number of hydrogen-bond acceptors (Lipinski definition) is 7. The summed E-state index contributed by atoms with van der Waals surface area (Å²) in [4.78, 5) is 15.6. The molecule has 0 saturated carbocycles. The molecule has 1 atom stereocenters. The van der Waals surface area contributed by atoms with Crippen molar-refractivity contribution in [3.8, 4) is 11.5 Å². The van der Waals surface area contributed by atoms with E-state index >= 15 is 0 Å². The van der Waals surface area contributed by atoms with Crippen LogP contribution in [0.3, 0.4) is 0 Å². The number of thioether (sulfide) groups is 1. The van der Waals surface area contributed by atoms with Crippen molar-refractivity contribution in [2.45, 2.75) is 50.9 Å². The zero-order chi connectivity index (χ0) is 22.9. The van der Waals surface area contributed by atoms with E-state index < -0.39 is 0 Å². The third-order valence-corrected chi connectivity index (χ3v) is 9.15. The van der Waals surface area contributed by atoms with Gasteiger partial charge in [-0.1, -0.05) is 38.6 Å². The first kappa shape index (κ1) is 21.0. The number of ether oxygens (including phenoxy) is 2. The van der Waals surface area contributed by atoms with Gasteiger partial charge in [0, 0.05) is 17.7 Å². The van der Waals surface area contributed by atoms with E-state index in [0.717, 1.165) is 57.5 Å². The summed E-state index contributed by atoms with van der Waals surface area (Å²) < 4.78 is 14.6. The summed E-state index contributed by atoms with van der Waals surface area (Å²) in [6, 6.07) is 6.01. The van der Waals surface area contributed by atoms with Crippen LogP contribution >= 0.6 is 23.1 Å². The van der Waals surface area contributed by atoms with Crippen molar-refractivity contribution in [2.75, 3.05) is 6.79 Å². The summed E-state index contributed by atoms with van der Waals surface area (Å²) in [5.74, 6) is 3.50. The largest absolute Gasteiger partial charge is 0.454 e. The van der Waals surface area contributed by atoms with E-state index in [9.17, 15) is 4.79 Å². The average Bonchev–Trinajstić information content (AvgIpc) is 3.50. The molecule has 7 nitrogen and oxygen atoms in total. The number of benzene rings is 1. The van der Waals surface area contributed by atoms with Crippen molar-refractivity contribution in [1.82, 2.24) is 19.2 Å². The Hall–Kier alpha value is -2.52. The third-order valence-electron chi connectivity index (χ3n) is 6.91. The summed E-state index contributed by atoms with van der Waals surface area (Å²) in [6.45, 7) is 7.22. The molecule has 2 aliphatic rings. The van der Waals surface area contributed by atoms with Crippen LogP contribution in [0.1, 0.15) is 43.2 Å². The lowest BCUT2D eigenvalue weighted by Gasteiger charge is -2.33. The van der Waals surface area contributed by atoms with Crippen molar-refractivity contribution in [2.24, 2.45) is 18.4 Å². The normalized spacial score (nSPS) is 17.8. The van der Waals surface area contributed by atoms with E-state index in [1.165, 1.54) is 10.4 Å². The molecule has 0 saturated heterocycles. The topological polar surface area (TPSA) is 70.7 Å². The number of aryl methyl sites for hydroxylation is 2. The molecule has 1 aliphatic heterocycles. The molecule has 0 radical (unpaired) electrons. The van der Waals surface area contributed by atoms with Crippen LogP contribution in [0.2, 0.25) is 0 Å². The van der Waals surface area contributed by atoms with Gasteiger partial charge in [0.1, 0.15) is 4.83 Å². The molecule has 1 aliphatic carbocycles. The number of rotatable bonds is 3. The summed E-state index contributed by atoms with van der Waals surface area (Å²) in [5, 5.41) is 10.5. The number of nitrogens with zero attached hydrogens (tertiary/aromatic N) is 4. The Morgan fingerprint density at radius 3 is 2.85 bits per heavy atom. The van der Waals surface area contributed by atoms with E-state index in [1.54, 1.807) is 34.7 Å². The minimum Gasteiger partial charge on any atom is -0.454 e. The fourth-order valence-corrected chi connectivity index (χ4v) is 7.23. The Bertz CT molecular complexity index is 1460. The molecule has 33 heavy (non-hydrogen) atoms. The van der Waals surface area contributed by atoms with Crippen molar-refractivity contribution in [3.63, 3.8) is 0 Å². The minimum atomic E-state index is 0.0314. The van der Waals surface area contributed by atoms with Crippen LogP contribution in [-0.2, 0) is 25.6 Å². The Morgan fingerprint density at radius 2 is 2.03 bits per heavy atom. The molecule has 0 spiro atoms. The van der Waals surface area contributed by atoms with Gasteiger partial charge in [0.05, 0.1) is 5.39 Å². The highest BCUT2D eigenvalue weighted by molar-refractivity contribution is 7.98. The Morgan fingerprint density at radius 1 is 1.21 bits per heavy atom. The molecule has 3 aromatic heterocycles. The predicted molar refractivity (Wildman–Crippen MR) is 131 cm³/mol. The summed E-state index contributed by atoms with van der Waals surface area (Å²) in [6.07, 6.45) is 3.11. The SMILES string of the molecule is Cn1c(=O)c2c3c(sc2n2c(SCc4ccc5c(c4)OCO5)nnc12)C[C@H](C(C)(C)C)CC3. The lowest BCUT2D eigenvalue weighted by atomic mass is 9.72. The van der Waals surface area contributed by atoms with Crippen LogP contribution in [-0.4, -0.2) is 26.0 Å². The molecule has 1 aromatic carbocycles. The van der Waals surface area contributed by atoms with Crippen molar-refractivity contribution >= 4 is 39.1 Å². The third kappa shape index (κ3) is 3.35. The maximum absolute atomic E-state index is 13.3. The van der Waals surface area contributed by atoms with Gasteiger partial charge >= 0.3 is 0 Å². The summed E-state index contributed by atoms with van der Waals surface area (Å²) >= 11 is 3.37. The van der Waals surface area contributed by atoms with Crippen molar-refractivity contribution < 1.29 is 9.47 Å². The van der Waals surface area contributed by atoms with Gasteiger partial charge in [-0.15, -0.1) is 21.5 Å². The molecule has 0 unspecified atom stereocenters. The van der Waals surface area contributed by atoms with Gasteiger partial charge in [-0.05, 0) is 53.9 Å². The molecular weight excluding hydrogens is 456 g/mol. The van der Waals surface area contributed by atoms with E-state index in [4.69, 9.17) is 9.47 Å². The number of hydrogen-bond donors (Lipinski definition) is 0. The molecule has 9 heteroatoms. The van der Waals surface area contributed by atoms with Gasteiger partial charge in [0.2, 0.25) is 12.6 Å². The highest BCUT2D eigenvalue weighted by Crippen LogP contribution is 2.43. The quantitative estimate of drug-likeness (QED) is 0.390. The second-order valence-electron chi connectivity index (χ2n) is 9.95. The second kappa shape index (κ2) is 7.50. The molecule has 172 valence electrons. The van der Waals surface area contributed by atoms with Crippen LogP contribution in [0.5, 0.6) is 11.5 Å². The van der Waals surface area contributed by atoms with E-state index in [0.29, 0.717) is 11.7 Å². The molecule has 4 heterocycles. The van der Waals surface area contributed by atoms with Gasteiger partial charge in [0.25, 0.3) is 5.56 Å². The lowest BCUT2D eigenvalue weighted by molar-refractivity contribution is 0.174. The van der Waals surface area contributed by atoms with Gasteiger partial charge in [-0.3, -0.25) is 9.36 Å². The smallest absolute Gasteiger partial charge is 0.263 e. The number of thiophene rings is 1. The van der Waals surface area contributed by atoms with Gasteiger partial charge in [0.15, 0.2) is 16.7 Å². The lowest BCUT2D eigenvalue weighted by Crippen LogP contribution is -2.27. The van der Waals surface area contributed by atoms with E-state index in [-0.39, 0.29) is 17.8 Å². The Balaban J connectivity index is 1.42. The highest BCUT2D eigenvalue weighted by Gasteiger charge is 2.32. The summed E-state index contributed by atoms with van der Waals surface area (Å²) in [5.41, 5.74) is 2.65. The van der Waals surface area contributed by atoms with Crippen LogP contribution in [0.15, 0.2) is 28.2 Å². The van der Waals surface area contributed by atoms with Crippen LogP contribution in [0, 0.1) is 11.3 Å². The maximum Gasteiger partial charge on any atom is 0.263 e. The second-order valence-corrected chi connectivity index (χ2v) is 12.0. The molecule has 0 amide bonds. The predicted octanol–water partition coefficient (Wildman–Crippen LogP) is 4.81. The molecule has 4 aromatic rings. The first-order valence-corrected chi connectivity index (χ1v) is 13.0. The average molecular weight is 483 g/mol. The molecular formula is C24H26N4O3S2. The molecule has 0 N–H and O–H groups in total. The molecule has 0 bridgehead atoms. The van der Waals surface area contributed by atoms with Crippen molar-refractivity contribution in [1.29, 1.82) is 0 Å². The first-order chi connectivity index (χ1) is 15.8. The highest BCUT2D eigenvalue weighted by atomic mass is 32.2. The maximum atomic E-state index is 13.3. The minimum absolute atomic E-state index is 0.0314. The van der Waals surface area contributed by atoms with Crippen LogP contribution in [0.25, 0.3) is 16.0 Å². The monoisotopic (exact) mass is 482 g/mol. The zero-order valence-electron chi connectivity index (χ0n) is 19.2. The summed E-state index contributed by atoms with van der Waals surface area (Å²) in [7, 11) is 1.79. The number of fused-ring (bicyclic) bond motifs is 6. The fourth-order valence-electron chi connectivity index (χ4n) is 4.88. The fraction of sp³-hybridized carbons (Fsp3) is 0.458. The first-order valence-electron chi connectivity index (χ1n) is 11.2. The van der Waals surface area contributed by atoms with Gasteiger partial charge in [-0.25, -0.2) is 4.40 Å². The van der Waals surface area contributed by atoms with Gasteiger partial charge in [-0.2, -0.15) is 0 Å². The van der Waals surface area contributed by atoms with E-state index in [1.807, 2.05) is 18.2 Å². The molecule has 6 rings (SSSR count). The van der Waals surface area contributed by atoms with Crippen molar-refractivity contribution in [3.05, 3.63) is 44.6 Å². The molecule has 0 fully saturated rings. The van der Waals surface area contributed by atoms with Crippen LogP contribution in [0.4, 0.5) is 0 Å². The van der Waals surface area contributed by atoms with E-state index in [2.05, 4.69) is 35.4 Å². The van der Waals surface area contributed by atoms with Gasteiger partial charge < -0.3 is 9.47 Å².